The monoisotopic (exact) mass is 491 g/mol. The van der Waals surface area contributed by atoms with Gasteiger partial charge in [0.05, 0.1) is 29.3 Å². The van der Waals surface area contributed by atoms with E-state index >= 15 is 0 Å². The minimum atomic E-state index is -0.509. The summed E-state index contributed by atoms with van der Waals surface area (Å²) in [5.41, 5.74) is 3.48. The number of esters is 1. The lowest BCUT2D eigenvalue weighted by atomic mass is 10.1. The van der Waals surface area contributed by atoms with E-state index in [2.05, 4.69) is 0 Å². The van der Waals surface area contributed by atoms with E-state index in [1.165, 1.54) is 23.8 Å². The van der Waals surface area contributed by atoms with Gasteiger partial charge in [-0.1, -0.05) is 53.3 Å². The lowest BCUT2D eigenvalue weighted by Gasteiger charge is -2.17. The number of anilines is 1. The standard InChI is InChI=1S/C23H22ClNO5S2/c1-5-29-20(26)12-30-21-16(24)9-15(10-18(21)28-4)11-19-22(27)25(23(31)32-19)17-7-6-13(2)8-14(17)3/h6-11H,5,12H2,1-4H3/b19-11+. The second-order valence-corrected chi connectivity index (χ2v) is 9.02. The fourth-order valence-corrected chi connectivity index (χ4v) is 4.74. The molecule has 3 rings (SSSR count). The number of hydrogen-bond donors (Lipinski definition) is 0. The molecule has 1 aliphatic rings. The molecular weight excluding hydrogens is 470 g/mol. The molecular formula is C23H22ClNO5S2. The Morgan fingerprint density at radius 2 is 2.00 bits per heavy atom. The van der Waals surface area contributed by atoms with Gasteiger partial charge in [-0.05, 0) is 56.2 Å². The van der Waals surface area contributed by atoms with Crippen LogP contribution in [0.5, 0.6) is 11.5 Å². The van der Waals surface area contributed by atoms with Crippen LogP contribution in [0.25, 0.3) is 6.08 Å². The van der Waals surface area contributed by atoms with Crippen LogP contribution >= 0.6 is 35.6 Å². The highest BCUT2D eigenvalue weighted by atomic mass is 35.5. The summed E-state index contributed by atoms with van der Waals surface area (Å²) in [6.45, 7) is 5.62. The van der Waals surface area contributed by atoms with Gasteiger partial charge in [0.15, 0.2) is 22.4 Å². The highest BCUT2D eigenvalue weighted by Crippen LogP contribution is 2.40. The molecule has 0 aliphatic carbocycles. The molecule has 168 valence electrons. The number of nitrogens with zero attached hydrogens (tertiary/aromatic N) is 1. The van der Waals surface area contributed by atoms with Crippen LogP contribution in [-0.4, -0.2) is 36.5 Å². The molecule has 32 heavy (non-hydrogen) atoms. The smallest absolute Gasteiger partial charge is 0.344 e. The van der Waals surface area contributed by atoms with Crippen molar-refractivity contribution in [2.75, 3.05) is 25.2 Å². The van der Waals surface area contributed by atoms with Crippen LogP contribution in [-0.2, 0) is 14.3 Å². The maximum Gasteiger partial charge on any atom is 0.344 e. The number of ether oxygens (including phenoxy) is 3. The molecule has 1 saturated heterocycles. The van der Waals surface area contributed by atoms with Crippen LogP contribution in [0.15, 0.2) is 35.2 Å². The quantitative estimate of drug-likeness (QED) is 0.295. The Kier molecular flexibility index (Phi) is 7.82. The number of methoxy groups -OCH3 is 1. The van der Waals surface area contributed by atoms with Crippen LogP contribution in [0.2, 0.25) is 5.02 Å². The summed E-state index contributed by atoms with van der Waals surface area (Å²) in [5.74, 6) is -0.158. The predicted molar refractivity (Wildman–Crippen MR) is 132 cm³/mol. The number of hydrogen-bond acceptors (Lipinski definition) is 7. The van der Waals surface area contributed by atoms with Gasteiger partial charge in [-0.3, -0.25) is 9.69 Å². The fraction of sp³-hybridized carbons (Fsp3) is 0.261. The highest BCUT2D eigenvalue weighted by Gasteiger charge is 2.34. The third-order valence-electron chi connectivity index (χ3n) is 4.58. The summed E-state index contributed by atoms with van der Waals surface area (Å²) in [6.07, 6.45) is 1.70. The van der Waals surface area contributed by atoms with Gasteiger partial charge in [0.1, 0.15) is 0 Å². The average Bonchev–Trinajstić information content (AvgIpc) is 3.00. The van der Waals surface area contributed by atoms with Crippen molar-refractivity contribution < 1.29 is 23.8 Å². The lowest BCUT2D eigenvalue weighted by molar-refractivity contribution is -0.145. The van der Waals surface area contributed by atoms with E-state index in [4.69, 9.17) is 38.0 Å². The van der Waals surface area contributed by atoms with Gasteiger partial charge in [0, 0.05) is 0 Å². The molecule has 0 spiro atoms. The zero-order valence-corrected chi connectivity index (χ0v) is 20.5. The first-order valence-electron chi connectivity index (χ1n) is 9.76. The zero-order chi connectivity index (χ0) is 23.4. The first-order chi connectivity index (χ1) is 15.2. The van der Waals surface area contributed by atoms with Gasteiger partial charge in [-0.2, -0.15) is 0 Å². The van der Waals surface area contributed by atoms with Gasteiger partial charge >= 0.3 is 5.97 Å². The zero-order valence-electron chi connectivity index (χ0n) is 18.1. The molecule has 0 N–H and O–H groups in total. The summed E-state index contributed by atoms with van der Waals surface area (Å²) in [7, 11) is 1.46. The topological polar surface area (TPSA) is 65.1 Å². The van der Waals surface area contributed by atoms with E-state index < -0.39 is 5.97 Å². The number of thiocarbonyl (C=S) groups is 1. The van der Waals surface area contributed by atoms with Gasteiger partial charge < -0.3 is 14.2 Å². The van der Waals surface area contributed by atoms with Crippen molar-refractivity contribution in [3.63, 3.8) is 0 Å². The number of carbonyl (C=O) groups excluding carboxylic acids is 2. The lowest BCUT2D eigenvalue weighted by Crippen LogP contribution is -2.28. The van der Waals surface area contributed by atoms with Crippen molar-refractivity contribution >= 4 is 63.5 Å². The minimum absolute atomic E-state index is 0.204. The minimum Gasteiger partial charge on any atom is -0.493 e. The maximum atomic E-state index is 13.1. The highest BCUT2D eigenvalue weighted by molar-refractivity contribution is 8.27. The maximum absolute atomic E-state index is 13.1. The largest absolute Gasteiger partial charge is 0.493 e. The Bertz CT molecular complexity index is 1120. The number of rotatable bonds is 7. The Morgan fingerprint density at radius 3 is 2.66 bits per heavy atom. The van der Waals surface area contributed by atoms with E-state index in [1.54, 1.807) is 25.1 Å². The summed E-state index contributed by atoms with van der Waals surface area (Å²) in [6, 6.07) is 9.17. The van der Waals surface area contributed by atoms with Gasteiger partial charge in [-0.25, -0.2) is 4.79 Å². The third kappa shape index (κ3) is 5.26. The van der Waals surface area contributed by atoms with E-state index in [0.29, 0.717) is 20.5 Å². The molecule has 9 heteroatoms. The van der Waals surface area contributed by atoms with Crippen molar-refractivity contribution in [3.8, 4) is 11.5 Å². The number of thioether (sulfide) groups is 1. The number of aryl methyl sites for hydroxylation is 2. The van der Waals surface area contributed by atoms with E-state index in [-0.39, 0.29) is 29.9 Å². The summed E-state index contributed by atoms with van der Waals surface area (Å²) < 4.78 is 16.2. The second-order valence-electron chi connectivity index (χ2n) is 6.93. The van der Waals surface area contributed by atoms with Crippen LogP contribution < -0.4 is 14.4 Å². The Labute approximate surface area is 201 Å². The van der Waals surface area contributed by atoms with E-state index in [9.17, 15) is 9.59 Å². The fourth-order valence-electron chi connectivity index (χ4n) is 3.18. The van der Waals surface area contributed by atoms with E-state index in [1.807, 2.05) is 32.0 Å². The molecule has 2 aromatic carbocycles. The number of benzene rings is 2. The SMILES string of the molecule is CCOC(=O)COc1c(Cl)cc(/C=C2/SC(=S)N(c3ccc(C)cc3C)C2=O)cc1OC. The molecule has 0 radical (unpaired) electrons. The Morgan fingerprint density at radius 1 is 1.25 bits per heavy atom. The predicted octanol–water partition coefficient (Wildman–Crippen LogP) is 5.31. The summed E-state index contributed by atoms with van der Waals surface area (Å²) >= 11 is 13.1. The molecule has 1 amide bonds. The van der Waals surface area contributed by atoms with Crippen molar-refractivity contribution in [1.82, 2.24) is 0 Å². The van der Waals surface area contributed by atoms with Crippen LogP contribution in [0, 0.1) is 13.8 Å². The number of carbonyl (C=O) groups is 2. The molecule has 1 fully saturated rings. The molecule has 0 bridgehead atoms. The first-order valence-corrected chi connectivity index (χ1v) is 11.4. The molecule has 6 nitrogen and oxygen atoms in total. The molecule has 0 atom stereocenters. The van der Waals surface area contributed by atoms with Crippen molar-refractivity contribution in [3.05, 3.63) is 56.9 Å². The van der Waals surface area contributed by atoms with Crippen molar-refractivity contribution in [1.29, 1.82) is 0 Å². The normalized spacial score (nSPS) is 14.8. The average molecular weight is 492 g/mol. The number of amides is 1. The summed E-state index contributed by atoms with van der Waals surface area (Å²) in [4.78, 5) is 26.7. The Balaban J connectivity index is 1.88. The van der Waals surface area contributed by atoms with Gasteiger partial charge in [-0.15, -0.1) is 0 Å². The van der Waals surface area contributed by atoms with Crippen molar-refractivity contribution in [2.24, 2.45) is 0 Å². The Hall–Kier alpha value is -2.55. The van der Waals surface area contributed by atoms with Gasteiger partial charge in [0.2, 0.25) is 0 Å². The molecule has 1 aliphatic heterocycles. The third-order valence-corrected chi connectivity index (χ3v) is 6.16. The van der Waals surface area contributed by atoms with Crippen LogP contribution in [0.4, 0.5) is 5.69 Å². The molecule has 2 aromatic rings. The molecule has 0 saturated carbocycles. The first kappa shape index (κ1) is 24.1. The van der Waals surface area contributed by atoms with Crippen LogP contribution in [0.3, 0.4) is 0 Å². The summed E-state index contributed by atoms with van der Waals surface area (Å²) in [5, 5.41) is 0.241. The molecule has 1 heterocycles. The molecule has 0 unspecified atom stereocenters. The number of halogens is 1. The van der Waals surface area contributed by atoms with Gasteiger partial charge in [0.25, 0.3) is 5.91 Å². The van der Waals surface area contributed by atoms with Crippen LogP contribution in [0.1, 0.15) is 23.6 Å². The second kappa shape index (κ2) is 10.4. The molecule has 0 aromatic heterocycles. The van der Waals surface area contributed by atoms with Crippen molar-refractivity contribution in [2.45, 2.75) is 20.8 Å². The van der Waals surface area contributed by atoms with E-state index in [0.717, 1.165) is 16.8 Å².